The zero-order chi connectivity index (χ0) is 31.2. The lowest BCUT2D eigenvalue weighted by atomic mass is 9.84. The zero-order valence-electron chi connectivity index (χ0n) is 26.0. The summed E-state index contributed by atoms with van der Waals surface area (Å²) in [6, 6.07) is 66.7. The second-order valence-corrected chi connectivity index (χ2v) is 12.4. The van der Waals surface area contributed by atoms with Gasteiger partial charge < -0.3 is 0 Å². The summed E-state index contributed by atoms with van der Waals surface area (Å²) in [5.41, 5.74) is 10.3. The maximum Gasteiger partial charge on any atom is -0.000728 e. The minimum absolute atomic E-state index is 0.847. The molecular formula is C47H32. The summed E-state index contributed by atoms with van der Waals surface area (Å²) in [5, 5.41) is 10.3. The summed E-state index contributed by atoms with van der Waals surface area (Å²) in [6.45, 7) is 0. The largest absolute Gasteiger partial charge is 0.0622 e. The van der Waals surface area contributed by atoms with Gasteiger partial charge in [0.25, 0.3) is 0 Å². The number of hydrogen-bond acceptors (Lipinski definition) is 0. The van der Waals surface area contributed by atoms with Crippen LogP contribution in [0.25, 0.3) is 76.5 Å². The molecule has 9 aromatic carbocycles. The third-order valence-electron chi connectivity index (χ3n) is 9.74. The Morgan fingerprint density at radius 1 is 0.298 bits per heavy atom. The molecule has 0 saturated carbocycles. The molecule has 0 heterocycles. The Balaban J connectivity index is 1.24. The standard InChI is InChI=1S/C47H32/c1-2-13-32(14-3-1)35-27-28-40-36(30-35)18-12-24-43(40)47-44-22-10-8-20-41(44)46(42-21-9-11-23-45(42)47)31-37-17-6-7-19-39(37)38-26-25-33-15-4-5-16-34(33)29-38/h1-30H,31H2. The van der Waals surface area contributed by atoms with Crippen molar-refractivity contribution in [2.45, 2.75) is 6.42 Å². The van der Waals surface area contributed by atoms with E-state index in [1.165, 1.54) is 87.6 Å². The van der Waals surface area contributed by atoms with Crippen molar-refractivity contribution in [3.8, 4) is 33.4 Å². The van der Waals surface area contributed by atoms with Gasteiger partial charge in [-0.3, -0.25) is 0 Å². The highest BCUT2D eigenvalue weighted by Gasteiger charge is 2.18. The summed E-state index contributed by atoms with van der Waals surface area (Å²) in [4.78, 5) is 0. The Bertz CT molecular complexity index is 2530. The number of benzene rings is 9. The van der Waals surface area contributed by atoms with E-state index in [1.807, 2.05) is 0 Å². The predicted molar refractivity (Wildman–Crippen MR) is 202 cm³/mol. The van der Waals surface area contributed by atoms with Crippen molar-refractivity contribution in [3.05, 3.63) is 193 Å². The van der Waals surface area contributed by atoms with E-state index in [4.69, 9.17) is 0 Å². The van der Waals surface area contributed by atoms with Gasteiger partial charge in [0.05, 0.1) is 0 Å². The first-order valence-electron chi connectivity index (χ1n) is 16.4. The molecule has 0 spiro atoms. The van der Waals surface area contributed by atoms with E-state index >= 15 is 0 Å². The Morgan fingerprint density at radius 3 is 1.66 bits per heavy atom. The van der Waals surface area contributed by atoms with Crippen LogP contribution in [0.15, 0.2) is 182 Å². The second-order valence-electron chi connectivity index (χ2n) is 12.4. The lowest BCUT2D eigenvalue weighted by molar-refractivity contribution is 1.23. The van der Waals surface area contributed by atoms with E-state index in [-0.39, 0.29) is 0 Å². The fraction of sp³-hybridized carbons (Fsp3) is 0.0213. The van der Waals surface area contributed by atoms with Gasteiger partial charge in [0.1, 0.15) is 0 Å². The summed E-state index contributed by atoms with van der Waals surface area (Å²) in [7, 11) is 0. The Labute approximate surface area is 275 Å². The molecule has 0 amide bonds. The predicted octanol–water partition coefficient (Wildman–Crippen LogP) is 12.9. The lowest BCUT2D eigenvalue weighted by Crippen LogP contribution is -1.97. The molecule has 0 fully saturated rings. The number of fused-ring (bicyclic) bond motifs is 4. The molecule has 9 aromatic rings. The SMILES string of the molecule is c1ccc(-c2ccc3c(-c4c5ccccc5c(Cc5ccccc5-c5ccc6ccccc6c5)c5ccccc45)cccc3c2)cc1. The molecule has 0 aliphatic heterocycles. The highest BCUT2D eigenvalue weighted by atomic mass is 14.2. The first-order chi connectivity index (χ1) is 23.3. The molecule has 0 radical (unpaired) electrons. The molecule has 0 nitrogen and oxygen atoms in total. The molecule has 0 atom stereocenters. The van der Waals surface area contributed by atoms with Crippen LogP contribution in [0.3, 0.4) is 0 Å². The first kappa shape index (κ1) is 27.3. The molecule has 9 rings (SSSR count). The van der Waals surface area contributed by atoms with Crippen LogP contribution in [0.1, 0.15) is 11.1 Å². The molecule has 0 unspecified atom stereocenters. The minimum Gasteiger partial charge on any atom is -0.0622 e. The van der Waals surface area contributed by atoms with E-state index in [2.05, 4.69) is 182 Å². The minimum atomic E-state index is 0.847. The van der Waals surface area contributed by atoms with E-state index in [0.29, 0.717) is 0 Å². The van der Waals surface area contributed by atoms with Crippen LogP contribution in [0.4, 0.5) is 0 Å². The quantitative estimate of drug-likeness (QED) is 0.173. The molecule has 0 aromatic heterocycles. The van der Waals surface area contributed by atoms with E-state index in [9.17, 15) is 0 Å². The van der Waals surface area contributed by atoms with Gasteiger partial charge in [-0.1, -0.05) is 170 Å². The van der Waals surface area contributed by atoms with Crippen LogP contribution in [0.2, 0.25) is 0 Å². The van der Waals surface area contributed by atoms with E-state index in [1.54, 1.807) is 0 Å². The van der Waals surface area contributed by atoms with Gasteiger partial charge in [-0.05, 0) is 106 Å². The van der Waals surface area contributed by atoms with Crippen molar-refractivity contribution in [3.63, 3.8) is 0 Å². The fourth-order valence-corrected chi connectivity index (χ4v) is 7.51. The summed E-state index contributed by atoms with van der Waals surface area (Å²) < 4.78 is 0. The lowest BCUT2D eigenvalue weighted by Gasteiger charge is -2.20. The van der Waals surface area contributed by atoms with Crippen LogP contribution in [-0.4, -0.2) is 0 Å². The summed E-state index contributed by atoms with van der Waals surface area (Å²) >= 11 is 0. The normalized spacial score (nSPS) is 11.5. The van der Waals surface area contributed by atoms with Crippen LogP contribution in [0, 0.1) is 0 Å². The average Bonchev–Trinajstić information content (AvgIpc) is 3.15. The molecule has 0 saturated heterocycles. The van der Waals surface area contributed by atoms with Crippen molar-refractivity contribution in [1.82, 2.24) is 0 Å². The van der Waals surface area contributed by atoms with E-state index in [0.717, 1.165) is 6.42 Å². The average molecular weight is 597 g/mol. The number of rotatable bonds is 5. The summed E-state index contributed by atoms with van der Waals surface area (Å²) in [5.74, 6) is 0. The maximum atomic E-state index is 2.33. The smallest absolute Gasteiger partial charge is 0.000728 e. The van der Waals surface area contributed by atoms with Crippen LogP contribution in [-0.2, 0) is 6.42 Å². The molecule has 47 heavy (non-hydrogen) atoms. The first-order valence-corrected chi connectivity index (χ1v) is 16.4. The van der Waals surface area contributed by atoms with Gasteiger partial charge in [-0.15, -0.1) is 0 Å². The van der Waals surface area contributed by atoms with Crippen molar-refractivity contribution in [2.24, 2.45) is 0 Å². The Kier molecular flexibility index (Phi) is 6.65. The molecular weight excluding hydrogens is 565 g/mol. The Morgan fingerprint density at radius 2 is 0.872 bits per heavy atom. The third kappa shape index (κ3) is 4.78. The van der Waals surface area contributed by atoms with Crippen molar-refractivity contribution in [1.29, 1.82) is 0 Å². The second kappa shape index (κ2) is 11.4. The third-order valence-corrected chi connectivity index (χ3v) is 9.74. The van der Waals surface area contributed by atoms with Gasteiger partial charge in [0, 0.05) is 0 Å². The van der Waals surface area contributed by atoms with Crippen molar-refractivity contribution < 1.29 is 0 Å². The molecule has 0 aliphatic carbocycles. The van der Waals surface area contributed by atoms with Gasteiger partial charge in [0.2, 0.25) is 0 Å². The van der Waals surface area contributed by atoms with Crippen LogP contribution in [0.5, 0.6) is 0 Å². The van der Waals surface area contributed by atoms with Gasteiger partial charge in [-0.2, -0.15) is 0 Å². The molecule has 220 valence electrons. The zero-order valence-corrected chi connectivity index (χ0v) is 26.0. The molecule has 0 aliphatic rings. The van der Waals surface area contributed by atoms with Crippen LogP contribution < -0.4 is 0 Å². The Hall–Kier alpha value is -5.98. The van der Waals surface area contributed by atoms with Crippen LogP contribution >= 0.6 is 0 Å². The summed E-state index contributed by atoms with van der Waals surface area (Å²) in [6.07, 6.45) is 0.847. The van der Waals surface area contributed by atoms with E-state index < -0.39 is 0 Å². The molecule has 0 heteroatoms. The molecule has 0 bridgehead atoms. The van der Waals surface area contributed by atoms with Crippen molar-refractivity contribution >= 4 is 43.1 Å². The highest BCUT2D eigenvalue weighted by Crippen LogP contribution is 2.43. The number of hydrogen-bond donors (Lipinski definition) is 0. The maximum absolute atomic E-state index is 2.33. The highest BCUT2D eigenvalue weighted by molar-refractivity contribution is 6.18. The van der Waals surface area contributed by atoms with Gasteiger partial charge in [0.15, 0.2) is 0 Å². The van der Waals surface area contributed by atoms with Crippen molar-refractivity contribution in [2.75, 3.05) is 0 Å². The van der Waals surface area contributed by atoms with Gasteiger partial charge >= 0.3 is 0 Å². The fourth-order valence-electron chi connectivity index (χ4n) is 7.51. The topological polar surface area (TPSA) is 0 Å². The van der Waals surface area contributed by atoms with Gasteiger partial charge in [-0.25, -0.2) is 0 Å². The molecule has 0 N–H and O–H groups in total. The monoisotopic (exact) mass is 596 g/mol.